The van der Waals surface area contributed by atoms with E-state index in [0.29, 0.717) is 26.1 Å². The van der Waals surface area contributed by atoms with Crippen molar-refractivity contribution in [3.8, 4) is 5.75 Å². The van der Waals surface area contributed by atoms with Crippen LogP contribution < -0.4 is 10.1 Å². The highest BCUT2D eigenvalue weighted by molar-refractivity contribution is 5.80. The molecule has 1 aromatic carbocycles. The van der Waals surface area contributed by atoms with Gasteiger partial charge in [0.25, 0.3) is 0 Å². The summed E-state index contributed by atoms with van der Waals surface area (Å²) in [6, 6.07) is 8.07. The fourth-order valence-corrected chi connectivity index (χ4v) is 3.89. The van der Waals surface area contributed by atoms with Gasteiger partial charge in [-0.3, -0.25) is 9.69 Å². The highest BCUT2D eigenvalue weighted by Crippen LogP contribution is 2.31. The molecule has 1 atom stereocenters. The lowest BCUT2D eigenvalue weighted by Gasteiger charge is -2.33. The normalized spacial score (nSPS) is 23.7. The lowest BCUT2D eigenvalue weighted by molar-refractivity contribution is -0.119. The van der Waals surface area contributed by atoms with Gasteiger partial charge in [-0.15, -0.1) is 0 Å². The van der Waals surface area contributed by atoms with Gasteiger partial charge < -0.3 is 19.9 Å². The van der Waals surface area contributed by atoms with Crippen molar-refractivity contribution in [2.24, 2.45) is 5.41 Å². The first-order valence-corrected chi connectivity index (χ1v) is 8.99. The second-order valence-corrected chi connectivity index (χ2v) is 7.61. The molecule has 0 aliphatic carbocycles. The summed E-state index contributed by atoms with van der Waals surface area (Å²) in [5.41, 5.74) is 0.983. The summed E-state index contributed by atoms with van der Waals surface area (Å²) in [6.07, 6.45) is 0.476. The standard InChI is InChI=1S/C19H28N4O3/c1-21(2)18(25)23-9-8-22(11-15-4-6-16(26-3)7-5-15)13-19(14-23)10-17(24)20-12-19/h4-7H,8-14H2,1-3H3,(H,20,24)/t19-/m0/s1. The van der Waals surface area contributed by atoms with Crippen molar-refractivity contribution < 1.29 is 14.3 Å². The number of rotatable bonds is 3. The number of hydrogen-bond acceptors (Lipinski definition) is 4. The van der Waals surface area contributed by atoms with E-state index in [9.17, 15) is 9.59 Å². The maximum Gasteiger partial charge on any atom is 0.319 e. The fraction of sp³-hybridized carbons (Fsp3) is 0.579. The molecule has 1 aromatic rings. The Balaban J connectivity index is 1.76. The van der Waals surface area contributed by atoms with Crippen LogP contribution in [0.4, 0.5) is 4.79 Å². The molecule has 1 N–H and O–H groups in total. The third-order valence-corrected chi connectivity index (χ3v) is 5.19. The minimum Gasteiger partial charge on any atom is -0.497 e. The number of ether oxygens (including phenoxy) is 1. The third kappa shape index (κ3) is 4.09. The Morgan fingerprint density at radius 2 is 1.96 bits per heavy atom. The molecular formula is C19H28N4O3. The number of urea groups is 1. The molecule has 2 saturated heterocycles. The molecule has 7 heteroatoms. The molecule has 2 aliphatic rings. The first-order chi connectivity index (χ1) is 12.4. The van der Waals surface area contributed by atoms with E-state index < -0.39 is 0 Å². The summed E-state index contributed by atoms with van der Waals surface area (Å²) < 4.78 is 5.22. The molecule has 142 valence electrons. The van der Waals surface area contributed by atoms with Crippen molar-refractivity contribution in [3.05, 3.63) is 29.8 Å². The van der Waals surface area contributed by atoms with Crippen molar-refractivity contribution in [1.29, 1.82) is 0 Å². The number of hydrogen-bond donors (Lipinski definition) is 1. The molecule has 7 nitrogen and oxygen atoms in total. The Kier molecular flexibility index (Phi) is 5.36. The predicted molar refractivity (Wildman–Crippen MR) is 99.0 cm³/mol. The van der Waals surface area contributed by atoms with Crippen LogP contribution in [0.5, 0.6) is 5.75 Å². The van der Waals surface area contributed by atoms with Gasteiger partial charge in [0, 0.05) is 65.2 Å². The van der Waals surface area contributed by atoms with E-state index >= 15 is 0 Å². The van der Waals surface area contributed by atoms with Crippen LogP contribution in [0.1, 0.15) is 12.0 Å². The second-order valence-electron chi connectivity index (χ2n) is 7.61. The van der Waals surface area contributed by atoms with Crippen LogP contribution in [0, 0.1) is 5.41 Å². The lowest BCUT2D eigenvalue weighted by atomic mass is 9.86. The highest BCUT2D eigenvalue weighted by Gasteiger charge is 2.44. The molecule has 0 unspecified atom stereocenters. The number of carbonyl (C=O) groups is 2. The molecule has 3 rings (SSSR count). The zero-order valence-electron chi connectivity index (χ0n) is 15.8. The molecule has 0 radical (unpaired) electrons. The predicted octanol–water partition coefficient (Wildman–Crippen LogP) is 1.00. The van der Waals surface area contributed by atoms with Crippen molar-refractivity contribution >= 4 is 11.9 Å². The first kappa shape index (κ1) is 18.5. The lowest BCUT2D eigenvalue weighted by Crippen LogP contribution is -2.47. The van der Waals surface area contributed by atoms with E-state index in [0.717, 1.165) is 25.4 Å². The summed E-state index contributed by atoms with van der Waals surface area (Å²) in [7, 11) is 5.20. The average Bonchev–Trinajstić information content (AvgIpc) is 2.88. The zero-order valence-corrected chi connectivity index (χ0v) is 15.8. The number of nitrogens with one attached hydrogen (secondary N) is 1. The van der Waals surface area contributed by atoms with Gasteiger partial charge in [-0.2, -0.15) is 0 Å². The SMILES string of the molecule is COc1ccc(CN2CCN(C(=O)N(C)C)C[C@@]3(CNC(=O)C3)C2)cc1. The molecule has 2 heterocycles. The third-order valence-electron chi connectivity index (χ3n) is 5.19. The summed E-state index contributed by atoms with van der Waals surface area (Å²) in [5.74, 6) is 0.919. The molecule has 2 aliphatic heterocycles. The molecule has 0 bridgehead atoms. The molecule has 0 saturated carbocycles. The van der Waals surface area contributed by atoms with Crippen molar-refractivity contribution in [2.75, 3.05) is 53.9 Å². The quantitative estimate of drug-likeness (QED) is 0.873. The number of carbonyl (C=O) groups excluding carboxylic acids is 2. The molecular weight excluding hydrogens is 332 g/mol. The van der Waals surface area contributed by atoms with E-state index in [4.69, 9.17) is 4.74 Å². The van der Waals surface area contributed by atoms with Crippen molar-refractivity contribution in [2.45, 2.75) is 13.0 Å². The number of methoxy groups -OCH3 is 1. The van der Waals surface area contributed by atoms with Crippen molar-refractivity contribution in [1.82, 2.24) is 20.0 Å². The Morgan fingerprint density at radius 1 is 1.23 bits per heavy atom. The first-order valence-electron chi connectivity index (χ1n) is 8.99. The van der Waals surface area contributed by atoms with Crippen LogP contribution in [-0.4, -0.2) is 80.6 Å². The van der Waals surface area contributed by atoms with Crippen LogP contribution in [0.3, 0.4) is 0 Å². The smallest absolute Gasteiger partial charge is 0.319 e. The van der Waals surface area contributed by atoms with E-state index in [1.807, 2.05) is 17.0 Å². The summed E-state index contributed by atoms with van der Waals surface area (Å²) in [4.78, 5) is 30.3. The minimum absolute atomic E-state index is 0.00928. The maximum atomic E-state index is 12.5. The van der Waals surface area contributed by atoms with Gasteiger partial charge in [-0.25, -0.2) is 4.79 Å². The monoisotopic (exact) mass is 360 g/mol. The number of nitrogens with zero attached hydrogens (tertiary/aromatic N) is 3. The molecule has 0 aromatic heterocycles. The molecule has 3 amide bonds. The maximum absolute atomic E-state index is 12.5. The fourth-order valence-electron chi connectivity index (χ4n) is 3.89. The number of amides is 3. The van der Waals surface area contributed by atoms with Crippen LogP contribution in [-0.2, 0) is 11.3 Å². The Morgan fingerprint density at radius 3 is 2.54 bits per heavy atom. The van der Waals surface area contributed by atoms with Crippen LogP contribution in [0.25, 0.3) is 0 Å². The molecule has 1 spiro atoms. The second kappa shape index (κ2) is 7.53. The van der Waals surface area contributed by atoms with Gasteiger partial charge in [-0.1, -0.05) is 12.1 Å². The van der Waals surface area contributed by atoms with Gasteiger partial charge in [0.1, 0.15) is 5.75 Å². The van der Waals surface area contributed by atoms with Gasteiger partial charge >= 0.3 is 6.03 Å². The zero-order chi connectivity index (χ0) is 18.7. The minimum atomic E-state index is -0.217. The molecule has 2 fully saturated rings. The Hall–Kier alpha value is -2.28. The van der Waals surface area contributed by atoms with Crippen LogP contribution in [0.2, 0.25) is 0 Å². The van der Waals surface area contributed by atoms with Gasteiger partial charge in [0.2, 0.25) is 5.91 Å². The van der Waals surface area contributed by atoms with Gasteiger partial charge in [-0.05, 0) is 17.7 Å². The van der Waals surface area contributed by atoms with Gasteiger partial charge in [0.05, 0.1) is 7.11 Å². The average molecular weight is 360 g/mol. The van der Waals surface area contributed by atoms with Crippen molar-refractivity contribution in [3.63, 3.8) is 0 Å². The Bertz CT molecular complexity index is 661. The van der Waals surface area contributed by atoms with Gasteiger partial charge in [0.15, 0.2) is 0 Å². The van der Waals surface area contributed by atoms with Crippen LogP contribution >= 0.6 is 0 Å². The van der Waals surface area contributed by atoms with Crippen LogP contribution in [0.15, 0.2) is 24.3 Å². The highest BCUT2D eigenvalue weighted by atomic mass is 16.5. The van der Waals surface area contributed by atoms with E-state index in [2.05, 4.69) is 22.3 Å². The topological polar surface area (TPSA) is 65.1 Å². The Labute approximate surface area is 154 Å². The summed E-state index contributed by atoms with van der Waals surface area (Å²) >= 11 is 0. The molecule has 26 heavy (non-hydrogen) atoms. The van der Waals surface area contributed by atoms with E-state index in [-0.39, 0.29) is 17.4 Å². The number of benzene rings is 1. The largest absolute Gasteiger partial charge is 0.497 e. The van der Waals surface area contributed by atoms with E-state index in [1.165, 1.54) is 5.56 Å². The summed E-state index contributed by atoms with van der Waals surface area (Å²) in [5, 5.41) is 2.96. The van der Waals surface area contributed by atoms with E-state index in [1.54, 1.807) is 26.1 Å². The summed E-state index contributed by atoms with van der Waals surface area (Å²) in [6.45, 7) is 4.30.